The molecule has 1 fully saturated rings. The molecule has 2 aromatic rings. The molecule has 1 aliphatic heterocycles. The second kappa shape index (κ2) is 9.51. The van der Waals surface area contributed by atoms with Crippen molar-refractivity contribution in [3.05, 3.63) is 59.9 Å². The monoisotopic (exact) mass is 367 g/mol. The first-order valence-electron chi connectivity index (χ1n) is 9.71. The van der Waals surface area contributed by atoms with Crippen molar-refractivity contribution in [2.24, 2.45) is 0 Å². The normalized spacial score (nSPS) is 15.1. The van der Waals surface area contributed by atoms with Crippen LogP contribution in [-0.2, 0) is 17.8 Å². The summed E-state index contributed by atoms with van der Waals surface area (Å²) in [5.74, 6) is 0.829. The van der Waals surface area contributed by atoms with Crippen molar-refractivity contribution in [3.63, 3.8) is 0 Å². The van der Waals surface area contributed by atoms with Crippen molar-refractivity contribution in [1.29, 1.82) is 0 Å². The summed E-state index contributed by atoms with van der Waals surface area (Å²) in [7, 11) is 2.13. The summed E-state index contributed by atoms with van der Waals surface area (Å²) in [5.41, 5.74) is 2.34. The molecular formula is C22H29N3O2. The van der Waals surface area contributed by atoms with Gasteiger partial charge in [-0.3, -0.25) is 14.7 Å². The van der Waals surface area contributed by atoms with Crippen LogP contribution in [0.15, 0.2) is 48.7 Å². The van der Waals surface area contributed by atoms with Gasteiger partial charge in [-0.15, -0.1) is 0 Å². The Bertz CT molecular complexity index is 712. The minimum atomic E-state index is 0.0830. The maximum Gasteiger partial charge on any atom is 0.260 e. The molecule has 1 aromatic carbocycles. The fraction of sp³-hybridized carbons (Fsp3) is 0.455. The van der Waals surface area contributed by atoms with Gasteiger partial charge in [0.1, 0.15) is 5.75 Å². The molecule has 27 heavy (non-hydrogen) atoms. The highest BCUT2D eigenvalue weighted by Crippen LogP contribution is 2.16. The lowest BCUT2D eigenvalue weighted by Crippen LogP contribution is -2.32. The number of hydrogen-bond donors (Lipinski definition) is 0. The Kier molecular flexibility index (Phi) is 6.82. The van der Waals surface area contributed by atoms with E-state index >= 15 is 0 Å². The maximum atomic E-state index is 12.0. The highest BCUT2D eigenvalue weighted by molar-refractivity contribution is 5.78. The molecule has 0 bridgehead atoms. The van der Waals surface area contributed by atoms with E-state index in [0.717, 1.165) is 50.3 Å². The van der Waals surface area contributed by atoms with E-state index in [1.165, 1.54) is 5.56 Å². The number of nitrogens with zero attached hydrogens (tertiary/aromatic N) is 3. The lowest BCUT2D eigenvalue weighted by Gasteiger charge is -2.24. The number of carbonyl (C=O) groups is 1. The van der Waals surface area contributed by atoms with E-state index in [0.29, 0.717) is 6.04 Å². The Hall–Kier alpha value is -2.40. The molecule has 0 N–H and O–H groups in total. The van der Waals surface area contributed by atoms with Gasteiger partial charge in [-0.25, -0.2) is 0 Å². The number of benzene rings is 1. The molecule has 5 heteroatoms. The van der Waals surface area contributed by atoms with Crippen LogP contribution in [0.4, 0.5) is 0 Å². The lowest BCUT2D eigenvalue weighted by atomic mass is 10.1. The molecule has 1 unspecified atom stereocenters. The third kappa shape index (κ3) is 5.79. The van der Waals surface area contributed by atoms with Crippen molar-refractivity contribution in [1.82, 2.24) is 14.8 Å². The average molecular weight is 367 g/mol. The van der Waals surface area contributed by atoms with Crippen molar-refractivity contribution in [3.8, 4) is 5.75 Å². The first-order chi connectivity index (χ1) is 13.1. The summed E-state index contributed by atoms with van der Waals surface area (Å²) in [6.45, 7) is 4.94. The Morgan fingerprint density at radius 2 is 1.93 bits per heavy atom. The van der Waals surface area contributed by atoms with E-state index in [1.54, 1.807) is 0 Å². The third-order valence-electron chi connectivity index (χ3n) is 5.16. The Morgan fingerprint density at radius 3 is 2.59 bits per heavy atom. The first-order valence-corrected chi connectivity index (χ1v) is 9.71. The average Bonchev–Trinajstić information content (AvgIpc) is 3.23. The smallest absolute Gasteiger partial charge is 0.260 e. The molecule has 1 atom stereocenters. The van der Waals surface area contributed by atoms with E-state index in [-0.39, 0.29) is 12.5 Å². The third-order valence-corrected chi connectivity index (χ3v) is 5.16. The molecule has 1 aliphatic rings. The topological polar surface area (TPSA) is 45.7 Å². The molecule has 0 aliphatic carbocycles. The predicted molar refractivity (Wildman–Crippen MR) is 107 cm³/mol. The molecule has 0 spiro atoms. The minimum Gasteiger partial charge on any atom is -0.484 e. The second-order valence-electron chi connectivity index (χ2n) is 7.31. The van der Waals surface area contributed by atoms with Crippen molar-refractivity contribution in [2.45, 2.75) is 38.8 Å². The van der Waals surface area contributed by atoms with Crippen LogP contribution in [0.1, 0.15) is 31.0 Å². The second-order valence-corrected chi connectivity index (χ2v) is 7.31. The van der Waals surface area contributed by atoms with Crippen LogP contribution >= 0.6 is 0 Å². The van der Waals surface area contributed by atoms with Crippen molar-refractivity contribution >= 4 is 5.91 Å². The molecule has 1 aromatic heterocycles. The van der Waals surface area contributed by atoms with Crippen LogP contribution in [0.2, 0.25) is 0 Å². The quantitative estimate of drug-likeness (QED) is 0.719. The SMILES string of the molecule is CC(Cc1ccccn1)N(C)Cc1ccc(OCC(=O)N2CCCC2)cc1. The highest BCUT2D eigenvalue weighted by Gasteiger charge is 2.18. The summed E-state index contributed by atoms with van der Waals surface area (Å²) in [4.78, 5) is 20.7. The fourth-order valence-electron chi connectivity index (χ4n) is 3.32. The molecule has 2 heterocycles. The van der Waals surface area contributed by atoms with Gasteiger partial charge in [0.2, 0.25) is 0 Å². The zero-order chi connectivity index (χ0) is 19.1. The van der Waals surface area contributed by atoms with Gasteiger partial charge in [0, 0.05) is 44.0 Å². The summed E-state index contributed by atoms with van der Waals surface area (Å²) in [6.07, 6.45) is 4.98. The van der Waals surface area contributed by atoms with E-state index in [4.69, 9.17) is 4.74 Å². The number of hydrogen-bond acceptors (Lipinski definition) is 4. The van der Waals surface area contributed by atoms with Gasteiger partial charge in [0.15, 0.2) is 6.61 Å². The molecule has 1 saturated heterocycles. The highest BCUT2D eigenvalue weighted by atomic mass is 16.5. The molecular weight excluding hydrogens is 338 g/mol. The zero-order valence-electron chi connectivity index (χ0n) is 16.3. The fourth-order valence-corrected chi connectivity index (χ4v) is 3.32. The van der Waals surface area contributed by atoms with Crippen molar-refractivity contribution < 1.29 is 9.53 Å². The summed E-state index contributed by atoms with van der Waals surface area (Å²) in [5, 5.41) is 0. The molecule has 1 amide bonds. The van der Waals surface area contributed by atoms with E-state index < -0.39 is 0 Å². The number of amides is 1. The predicted octanol–water partition coefficient (Wildman–Crippen LogP) is 3.15. The Balaban J connectivity index is 1.45. The largest absolute Gasteiger partial charge is 0.484 e. The number of carbonyl (C=O) groups excluding carboxylic acids is 1. The van der Waals surface area contributed by atoms with Gasteiger partial charge in [-0.1, -0.05) is 18.2 Å². The number of likely N-dealkylation sites (N-methyl/N-ethyl adjacent to an activating group) is 1. The first kappa shape index (κ1) is 19.4. The van der Waals surface area contributed by atoms with Crippen LogP contribution < -0.4 is 4.74 Å². The van der Waals surface area contributed by atoms with Crippen LogP contribution in [0.25, 0.3) is 0 Å². The van der Waals surface area contributed by atoms with E-state index in [1.807, 2.05) is 35.4 Å². The number of rotatable bonds is 8. The van der Waals surface area contributed by atoms with Gasteiger partial charge >= 0.3 is 0 Å². The standard InChI is InChI=1S/C22H29N3O2/c1-18(15-20-7-3-4-12-23-20)24(2)16-19-8-10-21(11-9-19)27-17-22(26)25-13-5-6-14-25/h3-4,7-12,18H,5-6,13-17H2,1-2H3. The number of aromatic nitrogens is 1. The summed E-state index contributed by atoms with van der Waals surface area (Å²) in [6, 6.07) is 14.5. The zero-order valence-corrected chi connectivity index (χ0v) is 16.3. The van der Waals surface area contributed by atoms with Gasteiger partial charge < -0.3 is 9.64 Å². The molecule has 3 rings (SSSR count). The van der Waals surface area contributed by atoms with Crippen LogP contribution in [0.5, 0.6) is 5.75 Å². The van der Waals surface area contributed by atoms with Crippen LogP contribution in [-0.4, -0.2) is 53.5 Å². The molecule has 5 nitrogen and oxygen atoms in total. The van der Waals surface area contributed by atoms with Crippen molar-refractivity contribution in [2.75, 3.05) is 26.7 Å². The maximum absolute atomic E-state index is 12.0. The number of pyridine rings is 1. The molecule has 0 radical (unpaired) electrons. The van der Waals surface area contributed by atoms with Crippen LogP contribution in [0, 0.1) is 0 Å². The van der Waals surface area contributed by atoms with Gasteiger partial charge in [-0.05, 0) is 56.6 Å². The molecule has 0 saturated carbocycles. The molecule has 144 valence electrons. The van der Waals surface area contributed by atoms with E-state index in [9.17, 15) is 4.79 Å². The Labute approximate surface area is 162 Å². The number of ether oxygens (including phenoxy) is 1. The van der Waals surface area contributed by atoms with Gasteiger partial charge in [-0.2, -0.15) is 0 Å². The minimum absolute atomic E-state index is 0.0830. The van der Waals surface area contributed by atoms with E-state index in [2.05, 4.69) is 42.1 Å². The Morgan fingerprint density at radius 1 is 1.19 bits per heavy atom. The summed E-state index contributed by atoms with van der Waals surface area (Å²) >= 11 is 0. The summed E-state index contributed by atoms with van der Waals surface area (Å²) < 4.78 is 5.65. The lowest BCUT2D eigenvalue weighted by molar-refractivity contribution is -0.132. The van der Waals surface area contributed by atoms with Gasteiger partial charge in [0.25, 0.3) is 5.91 Å². The number of likely N-dealkylation sites (tertiary alicyclic amines) is 1. The van der Waals surface area contributed by atoms with Crippen LogP contribution in [0.3, 0.4) is 0 Å². The van der Waals surface area contributed by atoms with Gasteiger partial charge in [0.05, 0.1) is 0 Å².